The van der Waals surface area contributed by atoms with E-state index in [1.807, 2.05) is 0 Å². The number of aliphatic hydroxyl groups excluding tert-OH is 1. The fourth-order valence-electron chi connectivity index (χ4n) is 2.88. The van der Waals surface area contributed by atoms with Crippen LogP contribution in [-0.4, -0.2) is 57.3 Å². The van der Waals surface area contributed by atoms with Gasteiger partial charge in [-0.25, -0.2) is 4.72 Å². The van der Waals surface area contributed by atoms with E-state index in [1.165, 1.54) is 4.31 Å². The summed E-state index contributed by atoms with van der Waals surface area (Å²) in [6, 6.07) is 0. The van der Waals surface area contributed by atoms with E-state index >= 15 is 0 Å². The number of aliphatic hydroxyl groups is 1. The molecule has 1 aliphatic carbocycles. The van der Waals surface area contributed by atoms with Crippen LogP contribution in [0.5, 0.6) is 0 Å². The Balaban J connectivity index is 1.85. The summed E-state index contributed by atoms with van der Waals surface area (Å²) in [6.07, 6.45) is 4.26. The van der Waals surface area contributed by atoms with Gasteiger partial charge in [-0.1, -0.05) is 12.8 Å². The summed E-state index contributed by atoms with van der Waals surface area (Å²) in [5, 5.41) is 9.34. The Morgan fingerprint density at radius 2 is 1.79 bits per heavy atom. The van der Waals surface area contributed by atoms with Gasteiger partial charge < -0.3 is 9.84 Å². The van der Waals surface area contributed by atoms with Crippen molar-refractivity contribution in [2.24, 2.45) is 11.8 Å². The number of morpholine rings is 1. The summed E-state index contributed by atoms with van der Waals surface area (Å²) in [6.45, 7) is 2.36. The fraction of sp³-hybridized carbons (Fsp3) is 1.00. The van der Waals surface area contributed by atoms with E-state index in [0.29, 0.717) is 32.8 Å². The van der Waals surface area contributed by atoms with Gasteiger partial charge in [0.25, 0.3) is 10.2 Å². The second kappa shape index (κ2) is 6.99. The number of ether oxygens (including phenoxy) is 1. The molecule has 112 valence electrons. The molecule has 0 aromatic rings. The Labute approximate surface area is 115 Å². The number of nitrogens with one attached hydrogen (secondary N) is 1. The Morgan fingerprint density at radius 3 is 2.42 bits per heavy atom. The lowest BCUT2D eigenvalue weighted by molar-refractivity contribution is 0.0721. The Kier molecular flexibility index (Phi) is 5.58. The second-order valence-electron chi connectivity index (χ2n) is 5.35. The topological polar surface area (TPSA) is 78.9 Å². The molecule has 7 heteroatoms. The van der Waals surface area contributed by atoms with Crippen molar-refractivity contribution >= 4 is 10.2 Å². The molecular formula is C12H24N2O4S. The Morgan fingerprint density at radius 1 is 1.16 bits per heavy atom. The first-order valence-electron chi connectivity index (χ1n) is 7.07. The van der Waals surface area contributed by atoms with E-state index in [9.17, 15) is 13.5 Å². The van der Waals surface area contributed by atoms with E-state index in [0.717, 1.165) is 25.7 Å². The average Bonchev–Trinajstić information content (AvgIpc) is 2.46. The Hall–Kier alpha value is -0.210. The minimum atomic E-state index is -3.39. The molecule has 0 radical (unpaired) electrons. The molecule has 1 saturated heterocycles. The van der Waals surface area contributed by atoms with Crippen LogP contribution in [0.4, 0.5) is 0 Å². The molecule has 2 aliphatic rings. The zero-order chi connectivity index (χ0) is 13.7. The summed E-state index contributed by atoms with van der Waals surface area (Å²) in [5.74, 6) is 0.496. The maximum atomic E-state index is 12.1. The van der Waals surface area contributed by atoms with Crippen LogP contribution in [0.25, 0.3) is 0 Å². The van der Waals surface area contributed by atoms with Crippen molar-refractivity contribution in [3.63, 3.8) is 0 Å². The maximum Gasteiger partial charge on any atom is 0.279 e. The molecule has 2 N–H and O–H groups in total. The van der Waals surface area contributed by atoms with E-state index in [-0.39, 0.29) is 18.4 Å². The third-order valence-corrected chi connectivity index (χ3v) is 5.72. The largest absolute Gasteiger partial charge is 0.396 e. The molecule has 1 aliphatic heterocycles. The van der Waals surface area contributed by atoms with Crippen LogP contribution in [0.3, 0.4) is 0 Å². The predicted molar refractivity (Wildman–Crippen MR) is 71.8 cm³/mol. The van der Waals surface area contributed by atoms with Gasteiger partial charge in [0, 0.05) is 26.2 Å². The van der Waals surface area contributed by atoms with Gasteiger partial charge >= 0.3 is 0 Å². The SMILES string of the molecule is O=S(=O)(NCC1CCCCC1CO)N1CCOCC1. The molecule has 0 bridgehead atoms. The third-order valence-electron chi connectivity index (χ3n) is 4.14. The molecule has 19 heavy (non-hydrogen) atoms. The van der Waals surface area contributed by atoms with E-state index < -0.39 is 10.2 Å². The number of nitrogens with zero attached hydrogens (tertiary/aromatic N) is 1. The van der Waals surface area contributed by atoms with Gasteiger partial charge in [-0.05, 0) is 24.7 Å². The van der Waals surface area contributed by atoms with E-state index in [4.69, 9.17) is 4.74 Å². The minimum absolute atomic E-state index is 0.157. The lowest BCUT2D eigenvalue weighted by Crippen LogP contribution is -2.48. The molecule has 2 unspecified atom stereocenters. The first kappa shape index (κ1) is 15.2. The highest BCUT2D eigenvalue weighted by molar-refractivity contribution is 7.87. The van der Waals surface area contributed by atoms with Crippen molar-refractivity contribution in [2.45, 2.75) is 25.7 Å². The van der Waals surface area contributed by atoms with E-state index in [2.05, 4.69) is 4.72 Å². The summed E-state index contributed by atoms with van der Waals surface area (Å²) in [4.78, 5) is 0. The molecule has 2 rings (SSSR count). The zero-order valence-corrected chi connectivity index (χ0v) is 12.1. The summed E-state index contributed by atoms with van der Waals surface area (Å²) in [7, 11) is -3.39. The molecule has 1 saturated carbocycles. The molecule has 2 atom stereocenters. The predicted octanol–water partition coefficient (Wildman–Crippen LogP) is -0.0483. The monoisotopic (exact) mass is 292 g/mol. The fourth-order valence-corrected chi connectivity index (χ4v) is 4.12. The van der Waals surface area contributed by atoms with Crippen molar-refractivity contribution in [3.05, 3.63) is 0 Å². The van der Waals surface area contributed by atoms with Crippen molar-refractivity contribution in [1.82, 2.24) is 9.03 Å². The van der Waals surface area contributed by atoms with Crippen LogP contribution in [-0.2, 0) is 14.9 Å². The first-order valence-corrected chi connectivity index (χ1v) is 8.51. The highest BCUT2D eigenvalue weighted by atomic mass is 32.2. The molecule has 0 spiro atoms. The number of hydrogen-bond donors (Lipinski definition) is 2. The molecule has 0 amide bonds. The lowest BCUT2D eigenvalue weighted by atomic mass is 9.80. The van der Waals surface area contributed by atoms with Crippen LogP contribution < -0.4 is 4.72 Å². The quantitative estimate of drug-likeness (QED) is 0.745. The van der Waals surface area contributed by atoms with Crippen molar-refractivity contribution in [3.8, 4) is 0 Å². The lowest BCUT2D eigenvalue weighted by Gasteiger charge is -2.32. The second-order valence-corrected chi connectivity index (χ2v) is 7.11. The summed E-state index contributed by atoms with van der Waals surface area (Å²) in [5.41, 5.74) is 0. The van der Waals surface area contributed by atoms with Crippen LogP contribution in [0.2, 0.25) is 0 Å². The van der Waals surface area contributed by atoms with Gasteiger partial charge in [0.15, 0.2) is 0 Å². The standard InChI is InChI=1S/C12H24N2O4S/c15-10-12-4-2-1-3-11(12)9-13-19(16,17)14-5-7-18-8-6-14/h11-13,15H,1-10H2. The molecule has 2 fully saturated rings. The number of rotatable bonds is 5. The normalized spacial score (nSPS) is 30.4. The average molecular weight is 292 g/mol. The molecular weight excluding hydrogens is 268 g/mol. The van der Waals surface area contributed by atoms with Crippen LogP contribution in [0, 0.1) is 11.8 Å². The molecule has 0 aromatic carbocycles. The van der Waals surface area contributed by atoms with Crippen LogP contribution >= 0.6 is 0 Å². The van der Waals surface area contributed by atoms with Gasteiger partial charge in [0.05, 0.1) is 13.2 Å². The Bertz CT molecular complexity index is 368. The first-order chi connectivity index (χ1) is 9.13. The van der Waals surface area contributed by atoms with Gasteiger partial charge in [-0.3, -0.25) is 0 Å². The van der Waals surface area contributed by atoms with Gasteiger partial charge in [-0.2, -0.15) is 12.7 Å². The summed E-state index contributed by atoms with van der Waals surface area (Å²) < 4.78 is 33.5. The van der Waals surface area contributed by atoms with Gasteiger partial charge in [-0.15, -0.1) is 0 Å². The van der Waals surface area contributed by atoms with Crippen LogP contribution in [0.1, 0.15) is 25.7 Å². The van der Waals surface area contributed by atoms with Gasteiger partial charge in [0.1, 0.15) is 0 Å². The highest BCUT2D eigenvalue weighted by Crippen LogP contribution is 2.29. The zero-order valence-electron chi connectivity index (χ0n) is 11.3. The molecule has 1 heterocycles. The number of hydrogen-bond acceptors (Lipinski definition) is 4. The van der Waals surface area contributed by atoms with Crippen molar-refractivity contribution < 1.29 is 18.3 Å². The maximum absolute atomic E-state index is 12.1. The molecule has 6 nitrogen and oxygen atoms in total. The van der Waals surface area contributed by atoms with Crippen molar-refractivity contribution in [2.75, 3.05) is 39.5 Å². The van der Waals surface area contributed by atoms with Crippen LogP contribution in [0.15, 0.2) is 0 Å². The smallest absolute Gasteiger partial charge is 0.279 e. The third kappa shape index (κ3) is 4.13. The van der Waals surface area contributed by atoms with E-state index in [1.54, 1.807) is 0 Å². The summed E-state index contributed by atoms with van der Waals surface area (Å²) >= 11 is 0. The van der Waals surface area contributed by atoms with Crippen molar-refractivity contribution in [1.29, 1.82) is 0 Å². The highest BCUT2D eigenvalue weighted by Gasteiger charge is 2.28. The molecule has 0 aromatic heterocycles. The van der Waals surface area contributed by atoms with Gasteiger partial charge in [0.2, 0.25) is 0 Å². The minimum Gasteiger partial charge on any atom is -0.396 e.